The van der Waals surface area contributed by atoms with Gasteiger partial charge < -0.3 is 9.67 Å². The number of rotatable bonds is 2. The van der Waals surface area contributed by atoms with Gasteiger partial charge in [-0.2, -0.15) is 0 Å². The van der Waals surface area contributed by atoms with Crippen molar-refractivity contribution in [1.29, 1.82) is 0 Å². The first-order valence-corrected chi connectivity index (χ1v) is 7.81. The molecule has 1 N–H and O–H groups in total. The van der Waals surface area contributed by atoms with Crippen LogP contribution in [0.15, 0.2) is 40.9 Å². The zero-order valence-corrected chi connectivity index (χ0v) is 14.0. The van der Waals surface area contributed by atoms with Crippen LogP contribution in [0.5, 0.6) is 5.75 Å². The topological polar surface area (TPSA) is 38.0 Å². The van der Waals surface area contributed by atoms with Crippen LogP contribution in [0.25, 0.3) is 22.4 Å². The summed E-state index contributed by atoms with van der Waals surface area (Å²) in [5.74, 6) is 0.897. The Hall–Kier alpha value is -1.52. The highest BCUT2D eigenvalue weighted by atomic mass is 79.9. The molecule has 0 aliphatic heterocycles. The van der Waals surface area contributed by atoms with Crippen molar-refractivity contribution < 1.29 is 5.11 Å². The van der Waals surface area contributed by atoms with E-state index < -0.39 is 0 Å². The van der Waals surface area contributed by atoms with Crippen LogP contribution in [0, 0.1) is 0 Å². The number of phenolic OH excluding ortho intramolecular Hbond substituents is 1. The first-order valence-electron chi connectivity index (χ1n) is 6.63. The molecule has 0 saturated carbocycles. The van der Waals surface area contributed by atoms with Gasteiger partial charge in [-0.1, -0.05) is 27.5 Å². The lowest BCUT2D eigenvalue weighted by Crippen LogP contribution is -2.03. The van der Waals surface area contributed by atoms with E-state index in [1.54, 1.807) is 18.2 Å². The Balaban J connectivity index is 2.36. The minimum atomic E-state index is 0.177. The van der Waals surface area contributed by atoms with Crippen molar-refractivity contribution in [1.82, 2.24) is 9.55 Å². The molecule has 0 aliphatic carbocycles. The van der Waals surface area contributed by atoms with Crippen LogP contribution in [0.1, 0.15) is 19.9 Å². The van der Waals surface area contributed by atoms with E-state index in [4.69, 9.17) is 11.6 Å². The van der Waals surface area contributed by atoms with Gasteiger partial charge in [0.25, 0.3) is 0 Å². The van der Waals surface area contributed by atoms with E-state index in [2.05, 4.69) is 39.3 Å². The van der Waals surface area contributed by atoms with Gasteiger partial charge in [0, 0.05) is 15.5 Å². The molecule has 0 unspecified atom stereocenters. The lowest BCUT2D eigenvalue weighted by molar-refractivity contribution is 0.476. The predicted molar refractivity (Wildman–Crippen MR) is 89.9 cm³/mol. The number of aromatic hydroxyl groups is 1. The zero-order valence-electron chi connectivity index (χ0n) is 11.6. The monoisotopic (exact) mass is 364 g/mol. The van der Waals surface area contributed by atoms with Gasteiger partial charge in [0.05, 0.1) is 16.6 Å². The van der Waals surface area contributed by atoms with Gasteiger partial charge >= 0.3 is 0 Å². The molecule has 3 rings (SSSR count). The van der Waals surface area contributed by atoms with Crippen LogP contribution in [0.3, 0.4) is 0 Å². The molecule has 2 aromatic carbocycles. The number of phenols is 1. The van der Waals surface area contributed by atoms with Crippen molar-refractivity contribution in [2.45, 2.75) is 19.9 Å². The maximum Gasteiger partial charge on any atom is 0.145 e. The highest BCUT2D eigenvalue weighted by Gasteiger charge is 2.18. The summed E-state index contributed by atoms with van der Waals surface area (Å²) < 4.78 is 3.08. The third-order valence-corrected chi connectivity index (χ3v) is 4.10. The van der Waals surface area contributed by atoms with Crippen molar-refractivity contribution in [3.05, 3.63) is 45.9 Å². The second-order valence-corrected chi connectivity index (χ2v) is 6.55. The quantitative estimate of drug-likeness (QED) is 0.659. The summed E-state index contributed by atoms with van der Waals surface area (Å²) in [7, 11) is 0. The molecule has 0 bridgehead atoms. The molecule has 0 atom stereocenters. The van der Waals surface area contributed by atoms with E-state index in [1.165, 1.54) is 0 Å². The Morgan fingerprint density at radius 2 is 1.95 bits per heavy atom. The van der Waals surface area contributed by atoms with Crippen LogP contribution in [-0.4, -0.2) is 14.7 Å². The van der Waals surface area contributed by atoms with Crippen molar-refractivity contribution >= 4 is 38.6 Å². The Morgan fingerprint density at radius 1 is 1.19 bits per heavy atom. The van der Waals surface area contributed by atoms with Gasteiger partial charge in [-0.25, -0.2) is 4.98 Å². The van der Waals surface area contributed by atoms with Crippen LogP contribution in [0.4, 0.5) is 0 Å². The smallest absolute Gasteiger partial charge is 0.145 e. The lowest BCUT2D eigenvalue weighted by Gasteiger charge is -2.14. The molecule has 5 heteroatoms. The van der Waals surface area contributed by atoms with Crippen molar-refractivity contribution in [3.8, 4) is 17.1 Å². The van der Waals surface area contributed by atoms with E-state index in [-0.39, 0.29) is 11.8 Å². The highest BCUT2D eigenvalue weighted by Crippen LogP contribution is 2.35. The predicted octanol–water partition coefficient (Wildman–Crippen LogP) is 5.41. The molecule has 0 saturated heterocycles. The summed E-state index contributed by atoms with van der Waals surface area (Å²) in [6.07, 6.45) is 0. The maximum atomic E-state index is 10.2. The number of benzene rings is 2. The van der Waals surface area contributed by atoms with Gasteiger partial charge in [0.1, 0.15) is 11.6 Å². The van der Waals surface area contributed by atoms with E-state index in [0.717, 1.165) is 21.3 Å². The molecule has 3 nitrogen and oxygen atoms in total. The van der Waals surface area contributed by atoms with E-state index in [0.29, 0.717) is 10.6 Å². The standard InChI is InChI=1S/C16H14BrClN2O/c1-9(2)20-14-5-3-10(17)7-13(14)19-16(20)12-8-11(18)4-6-15(12)21/h3-9,21H,1-2H3. The molecule has 1 heterocycles. The van der Waals surface area contributed by atoms with E-state index >= 15 is 0 Å². The largest absolute Gasteiger partial charge is 0.507 e. The Kier molecular flexibility index (Phi) is 3.68. The number of hydrogen-bond acceptors (Lipinski definition) is 2. The number of nitrogens with zero attached hydrogens (tertiary/aromatic N) is 2. The molecule has 108 valence electrons. The number of aromatic nitrogens is 2. The number of halogens is 2. The van der Waals surface area contributed by atoms with E-state index in [1.807, 2.05) is 18.2 Å². The Morgan fingerprint density at radius 3 is 2.67 bits per heavy atom. The molecule has 21 heavy (non-hydrogen) atoms. The molecular weight excluding hydrogens is 352 g/mol. The second-order valence-electron chi connectivity index (χ2n) is 5.19. The fourth-order valence-electron chi connectivity index (χ4n) is 2.47. The van der Waals surface area contributed by atoms with Gasteiger partial charge in [-0.3, -0.25) is 0 Å². The summed E-state index contributed by atoms with van der Waals surface area (Å²) in [6.45, 7) is 4.18. The fraction of sp³-hybridized carbons (Fsp3) is 0.188. The van der Waals surface area contributed by atoms with Crippen LogP contribution >= 0.6 is 27.5 Å². The third-order valence-electron chi connectivity index (χ3n) is 3.37. The van der Waals surface area contributed by atoms with Crippen molar-refractivity contribution in [3.63, 3.8) is 0 Å². The third kappa shape index (κ3) is 2.54. The summed E-state index contributed by atoms with van der Waals surface area (Å²) in [4.78, 5) is 4.68. The van der Waals surface area contributed by atoms with Crippen molar-refractivity contribution in [2.24, 2.45) is 0 Å². The minimum Gasteiger partial charge on any atom is -0.507 e. The molecule has 0 aliphatic rings. The second kappa shape index (κ2) is 5.35. The number of imidazole rings is 1. The minimum absolute atomic E-state index is 0.177. The van der Waals surface area contributed by atoms with Crippen molar-refractivity contribution in [2.75, 3.05) is 0 Å². The summed E-state index contributed by atoms with van der Waals surface area (Å²) >= 11 is 9.53. The normalized spacial score (nSPS) is 11.5. The number of hydrogen-bond donors (Lipinski definition) is 1. The lowest BCUT2D eigenvalue weighted by atomic mass is 10.2. The molecule has 1 aromatic heterocycles. The molecule has 0 fully saturated rings. The molecule has 0 spiro atoms. The van der Waals surface area contributed by atoms with E-state index in [9.17, 15) is 5.11 Å². The average Bonchev–Trinajstić information content (AvgIpc) is 2.79. The van der Waals surface area contributed by atoms with Gasteiger partial charge in [0.2, 0.25) is 0 Å². The maximum absolute atomic E-state index is 10.2. The van der Waals surface area contributed by atoms with Crippen LogP contribution in [-0.2, 0) is 0 Å². The highest BCUT2D eigenvalue weighted by molar-refractivity contribution is 9.10. The SMILES string of the molecule is CC(C)n1c(-c2cc(Cl)ccc2O)nc2cc(Br)ccc21. The van der Waals surface area contributed by atoms with Gasteiger partial charge in [-0.15, -0.1) is 0 Å². The zero-order chi connectivity index (χ0) is 15.1. The fourth-order valence-corrected chi connectivity index (χ4v) is 2.99. The molecule has 0 radical (unpaired) electrons. The summed E-state index contributed by atoms with van der Waals surface area (Å²) in [5.41, 5.74) is 2.55. The van der Waals surface area contributed by atoms with Gasteiger partial charge in [-0.05, 0) is 50.2 Å². The first-order chi connectivity index (χ1) is 9.97. The average molecular weight is 366 g/mol. The molecule has 3 aromatic rings. The molecule has 0 amide bonds. The Labute approximate surface area is 136 Å². The molecular formula is C16H14BrClN2O. The summed E-state index contributed by atoms with van der Waals surface area (Å²) in [5, 5.41) is 10.7. The first kappa shape index (κ1) is 14.4. The summed E-state index contributed by atoms with van der Waals surface area (Å²) in [6, 6.07) is 11.2. The van der Waals surface area contributed by atoms with Crippen LogP contribution < -0.4 is 0 Å². The van der Waals surface area contributed by atoms with Crippen LogP contribution in [0.2, 0.25) is 5.02 Å². The Bertz CT molecular complexity index is 827. The van der Waals surface area contributed by atoms with Gasteiger partial charge in [0.15, 0.2) is 0 Å². The number of fused-ring (bicyclic) bond motifs is 1.